The highest BCUT2D eigenvalue weighted by molar-refractivity contribution is 5.89. The number of hydrogen-bond acceptors (Lipinski definition) is 3. The third kappa shape index (κ3) is 3.46. The van der Waals surface area contributed by atoms with Crippen LogP contribution in [0.4, 0.5) is 5.69 Å². The van der Waals surface area contributed by atoms with Gasteiger partial charge in [-0.05, 0) is 45.4 Å². The second-order valence-electron chi connectivity index (χ2n) is 4.85. The van der Waals surface area contributed by atoms with E-state index >= 15 is 0 Å². The second kappa shape index (κ2) is 4.75. The fraction of sp³-hybridized carbons (Fsp3) is 0.462. The van der Waals surface area contributed by atoms with Crippen molar-refractivity contribution in [3.8, 4) is 0 Å². The Labute approximate surface area is 101 Å². The van der Waals surface area contributed by atoms with Crippen molar-refractivity contribution in [1.29, 1.82) is 0 Å². The minimum atomic E-state index is -0.955. The molecule has 0 bridgehead atoms. The molecule has 1 unspecified atom stereocenters. The first-order valence-corrected chi connectivity index (χ1v) is 5.54. The van der Waals surface area contributed by atoms with E-state index in [0.29, 0.717) is 0 Å². The van der Waals surface area contributed by atoms with Crippen LogP contribution in [-0.4, -0.2) is 27.8 Å². The number of aromatic carboxylic acids is 1. The van der Waals surface area contributed by atoms with Crippen LogP contribution in [0.25, 0.3) is 0 Å². The van der Waals surface area contributed by atoms with Crippen molar-refractivity contribution in [2.75, 3.05) is 5.32 Å². The summed E-state index contributed by atoms with van der Waals surface area (Å²) in [5.74, 6) is -0.955. The van der Waals surface area contributed by atoms with Crippen molar-refractivity contribution in [1.82, 2.24) is 0 Å². The normalized spacial score (nSPS) is 13.2. The lowest BCUT2D eigenvalue weighted by Gasteiger charge is -2.28. The van der Waals surface area contributed by atoms with Crippen LogP contribution in [0, 0.1) is 6.92 Å². The first kappa shape index (κ1) is 13.5. The Morgan fingerprint density at radius 2 is 2.00 bits per heavy atom. The van der Waals surface area contributed by atoms with Crippen LogP contribution in [0.15, 0.2) is 18.2 Å². The van der Waals surface area contributed by atoms with Gasteiger partial charge in [-0.25, -0.2) is 4.79 Å². The molecule has 0 radical (unpaired) electrons. The Bertz CT molecular complexity index is 421. The maximum Gasteiger partial charge on any atom is 0.335 e. The summed E-state index contributed by atoms with van der Waals surface area (Å²) in [5, 5.41) is 21.9. The average molecular weight is 237 g/mol. The molecular weight excluding hydrogens is 218 g/mol. The zero-order chi connectivity index (χ0) is 13.2. The number of hydrogen-bond donors (Lipinski definition) is 3. The van der Waals surface area contributed by atoms with E-state index in [1.54, 1.807) is 32.0 Å². The summed E-state index contributed by atoms with van der Waals surface area (Å²) in [4.78, 5) is 10.9. The fourth-order valence-corrected chi connectivity index (χ4v) is 1.32. The predicted molar refractivity (Wildman–Crippen MR) is 67.5 cm³/mol. The van der Waals surface area contributed by atoms with Gasteiger partial charge < -0.3 is 15.5 Å². The quantitative estimate of drug-likeness (QED) is 0.751. The average Bonchev–Trinajstić information content (AvgIpc) is 2.19. The van der Waals surface area contributed by atoms with E-state index in [1.165, 1.54) is 0 Å². The van der Waals surface area contributed by atoms with Gasteiger partial charge in [0.05, 0.1) is 17.2 Å². The molecule has 17 heavy (non-hydrogen) atoms. The van der Waals surface area contributed by atoms with Crippen molar-refractivity contribution >= 4 is 11.7 Å². The Morgan fingerprint density at radius 1 is 1.41 bits per heavy atom. The van der Waals surface area contributed by atoms with Crippen LogP contribution in [0.2, 0.25) is 0 Å². The molecule has 0 saturated carbocycles. The van der Waals surface area contributed by atoms with Crippen molar-refractivity contribution < 1.29 is 15.0 Å². The zero-order valence-electron chi connectivity index (χ0n) is 10.6. The Kier molecular flexibility index (Phi) is 3.78. The van der Waals surface area contributed by atoms with Crippen LogP contribution >= 0.6 is 0 Å². The fourth-order valence-electron chi connectivity index (χ4n) is 1.32. The van der Waals surface area contributed by atoms with E-state index < -0.39 is 11.6 Å². The van der Waals surface area contributed by atoms with E-state index in [9.17, 15) is 9.90 Å². The number of carboxylic acids is 1. The highest BCUT2D eigenvalue weighted by Gasteiger charge is 2.22. The molecule has 0 heterocycles. The van der Waals surface area contributed by atoms with Gasteiger partial charge in [-0.15, -0.1) is 0 Å². The number of nitrogens with one attached hydrogen (secondary N) is 1. The molecule has 1 rings (SSSR count). The van der Waals surface area contributed by atoms with Crippen molar-refractivity contribution in [2.45, 2.75) is 39.3 Å². The minimum absolute atomic E-state index is 0.176. The summed E-state index contributed by atoms with van der Waals surface area (Å²) in [6.45, 7) is 7.17. The molecule has 0 aliphatic carbocycles. The lowest BCUT2D eigenvalue weighted by Crippen LogP contribution is -2.39. The highest BCUT2D eigenvalue weighted by atomic mass is 16.4. The van der Waals surface area contributed by atoms with Gasteiger partial charge in [-0.1, -0.05) is 6.07 Å². The van der Waals surface area contributed by atoms with Crippen LogP contribution in [-0.2, 0) is 0 Å². The van der Waals surface area contributed by atoms with E-state index in [2.05, 4.69) is 5.32 Å². The van der Waals surface area contributed by atoms with Gasteiger partial charge in [0.15, 0.2) is 0 Å². The Hall–Kier alpha value is -1.55. The first-order chi connectivity index (χ1) is 7.71. The molecular formula is C13H19NO3. The van der Waals surface area contributed by atoms with Crippen molar-refractivity contribution in [2.24, 2.45) is 0 Å². The largest absolute Gasteiger partial charge is 0.478 e. The maximum absolute atomic E-state index is 10.9. The SMILES string of the molecule is Cc1ccc(C(=O)O)cc1NC(C)C(C)(C)O. The lowest BCUT2D eigenvalue weighted by atomic mass is 9.99. The monoisotopic (exact) mass is 237 g/mol. The van der Waals surface area contributed by atoms with Gasteiger partial charge in [0.2, 0.25) is 0 Å². The van der Waals surface area contributed by atoms with Crippen LogP contribution < -0.4 is 5.32 Å². The molecule has 0 saturated heterocycles. The topological polar surface area (TPSA) is 69.6 Å². The van der Waals surface area contributed by atoms with Crippen LogP contribution in [0.3, 0.4) is 0 Å². The molecule has 0 aliphatic rings. The van der Waals surface area contributed by atoms with E-state index in [-0.39, 0.29) is 11.6 Å². The van der Waals surface area contributed by atoms with Gasteiger partial charge in [0.25, 0.3) is 0 Å². The summed E-state index contributed by atoms with van der Waals surface area (Å²) in [6.07, 6.45) is 0. The summed E-state index contributed by atoms with van der Waals surface area (Å²) in [7, 11) is 0. The summed E-state index contributed by atoms with van der Waals surface area (Å²) in [6, 6.07) is 4.73. The third-order valence-corrected chi connectivity index (χ3v) is 2.92. The molecule has 0 spiro atoms. The number of carbonyl (C=O) groups is 1. The highest BCUT2D eigenvalue weighted by Crippen LogP contribution is 2.21. The molecule has 4 nitrogen and oxygen atoms in total. The predicted octanol–water partition coefficient (Wildman–Crippen LogP) is 2.26. The molecule has 3 N–H and O–H groups in total. The number of benzene rings is 1. The summed E-state index contributed by atoms with van der Waals surface area (Å²) < 4.78 is 0. The van der Waals surface area contributed by atoms with E-state index in [1.807, 2.05) is 13.8 Å². The number of aryl methyl sites for hydroxylation is 1. The molecule has 0 aliphatic heterocycles. The second-order valence-corrected chi connectivity index (χ2v) is 4.85. The Balaban J connectivity index is 2.98. The molecule has 4 heteroatoms. The first-order valence-electron chi connectivity index (χ1n) is 5.54. The summed E-state index contributed by atoms with van der Waals surface area (Å²) in [5.41, 5.74) is 1.05. The van der Waals surface area contributed by atoms with Crippen molar-refractivity contribution in [3.05, 3.63) is 29.3 Å². The molecule has 94 valence electrons. The smallest absolute Gasteiger partial charge is 0.335 e. The lowest BCUT2D eigenvalue weighted by molar-refractivity contribution is 0.0649. The molecule has 1 atom stereocenters. The number of carboxylic acid groups (broad SMARTS) is 1. The van der Waals surface area contributed by atoms with E-state index in [0.717, 1.165) is 11.3 Å². The minimum Gasteiger partial charge on any atom is -0.478 e. The molecule has 0 amide bonds. The number of rotatable bonds is 4. The van der Waals surface area contributed by atoms with E-state index in [4.69, 9.17) is 5.11 Å². The van der Waals surface area contributed by atoms with Gasteiger partial charge in [-0.2, -0.15) is 0 Å². The number of anilines is 1. The number of aliphatic hydroxyl groups is 1. The van der Waals surface area contributed by atoms with Gasteiger partial charge >= 0.3 is 5.97 Å². The zero-order valence-corrected chi connectivity index (χ0v) is 10.6. The Morgan fingerprint density at radius 3 is 2.47 bits per heavy atom. The standard InChI is InChI=1S/C13H19NO3/c1-8-5-6-10(12(15)16)7-11(8)14-9(2)13(3,4)17/h5-7,9,14,17H,1-4H3,(H,15,16). The summed E-state index contributed by atoms with van der Waals surface area (Å²) >= 11 is 0. The van der Waals surface area contributed by atoms with Crippen LogP contribution in [0.5, 0.6) is 0 Å². The van der Waals surface area contributed by atoms with Gasteiger partial charge in [0.1, 0.15) is 0 Å². The van der Waals surface area contributed by atoms with Crippen molar-refractivity contribution in [3.63, 3.8) is 0 Å². The van der Waals surface area contributed by atoms with Gasteiger partial charge in [-0.3, -0.25) is 0 Å². The third-order valence-electron chi connectivity index (χ3n) is 2.92. The maximum atomic E-state index is 10.9. The molecule has 0 fully saturated rings. The van der Waals surface area contributed by atoms with Gasteiger partial charge in [0, 0.05) is 5.69 Å². The van der Waals surface area contributed by atoms with Crippen LogP contribution in [0.1, 0.15) is 36.7 Å². The molecule has 0 aromatic heterocycles. The molecule has 1 aromatic carbocycles. The molecule has 1 aromatic rings.